The summed E-state index contributed by atoms with van der Waals surface area (Å²) in [6, 6.07) is 5.82. The van der Waals surface area contributed by atoms with Crippen LogP contribution in [0.15, 0.2) is 16.6 Å². The molecule has 104 valence electrons. The molecular formula is C16H23BrN2. The molecule has 0 bridgehead atoms. The van der Waals surface area contributed by atoms with Crippen LogP contribution >= 0.6 is 15.9 Å². The summed E-state index contributed by atoms with van der Waals surface area (Å²) in [5.41, 5.74) is 4.04. The highest BCUT2D eigenvalue weighted by Crippen LogP contribution is 2.32. The van der Waals surface area contributed by atoms with Crippen molar-refractivity contribution in [3.63, 3.8) is 0 Å². The lowest BCUT2D eigenvalue weighted by molar-refractivity contribution is 0.192. The van der Waals surface area contributed by atoms with Gasteiger partial charge in [0.15, 0.2) is 0 Å². The van der Waals surface area contributed by atoms with Crippen LogP contribution in [0.2, 0.25) is 0 Å². The van der Waals surface area contributed by atoms with Crippen LogP contribution < -0.4 is 5.32 Å². The number of piperidine rings is 1. The Morgan fingerprint density at radius 1 is 1.11 bits per heavy atom. The van der Waals surface area contributed by atoms with Gasteiger partial charge in [0.2, 0.25) is 0 Å². The number of nitrogens with one attached hydrogen (secondary N) is 1. The summed E-state index contributed by atoms with van der Waals surface area (Å²) in [5.74, 6) is 0. The van der Waals surface area contributed by atoms with E-state index < -0.39 is 0 Å². The second kappa shape index (κ2) is 5.45. The fourth-order valence-corrected chi connectivity index (χ4v) is 4.43. The van der Waals surface area contributed by atoms with Crippen molar-refractivity contribution in [2.24, 2.45) is 0 Å². The second-order valence-corrected chi connectivity index (χ2v) is 6.97. The Bertz CT molecular complexity index is 449. The first-order valence-corrected chi connectivity index (χ1v) is 8.22. The third-order valence-electron chi connectivity index (χ3n) is 4.68. The average Bonchev–Trinajstić information content (AvgIpc) is 2.77. The number of halogens is 1. The number of nitrogens with zero attached hydrogens (tertiary/aromatic N) is 1. The Morgan fingerprint density at radius 3 is 2.58 bits per heavy atom. The Kier molecular flexibility index (Phi) is 3.86. The lowest BCUT2D eigenvalue weighted by Gasteiger charge is -2.33. The largest absolute Gasteiger partial charge is 0.380 e. The zero-order chi connectivity index (χ0) is 13.4. The van der Waals surface area contributed by atoms with Gasteiger partial charge in [0.1, 0.15) is 0 Å². The molecule has 2 atom stereocenters. The summed E-state index contributed by atoms with van der Waals surface area (Å²) in [6.07, 6.45) is 5.45. The highest BCUT2D eigenvalue weighted by molar-refractivity contribution is 9.10. The molecule has 19 heavy (non-hydrogen) atoms. The van der Waals surface area contributed by atoms with Gasteiger partial charge < -0.3 is 5.32 Å². The zero-order valence-electron chi connectivity index (χ0n) is 11.9. The number of benzene rings is 1. The van der Waals surface area contributed by atoms with Gasteiger partial charge in [-0.25, -0.2) is 0 Å². The number of aryl methyl sites for hydroxylation is 2. The lowest BCUT2D eigenvalue weighted by atomic mass is 9.98. The summed E-state index contributed by atoms with van der Waals surface area (Å²) in [4.78, 5) is 2.69. The highest BCUT2D eigenvalue weighted by atomic mass is 79.9. The molecule has 2 unspecified atom stereocenters. The quantitative estimate of drug-likeness (QED) is 0.881. The molecule has 1 N–H and O–H groups in total. The van der Waals surface area contributed by atoms with Crippen molar-refractivity contribution in [1.29, 1.82) is 0 Å². The molecule has 2 aliphatic heterocycles. The number of hydrogen-bond acceptors (Lipinski definition) is 2. The molecule has 0 radical (unpaired) electrons. The van der Waals surface area contributed by atoms with Gasteiger partial charge in [-0.1, -0.05) is 22.4 Å². The minimum absolute atomic E-state index is 0.638. The van der Waals surface area contributed by atoms with Crippen molar-refractivity contribution in [2.45, 2.75) is 51.6 Å². The highest BCUT2D eigenvalue weighted by Gasteiger charge is 2.35. The normalized spacial score (nSPS) is 27.3. The molecule has 0 amide bonds. The van der Waals surface area contributed by atoms with E-state index in [-0.39, 0.29) is 0 Å². The van der Waals surface area contributed by atoms with E-state index >= 15 is 0 Å². The van der Waals surface area contributed by atoms with E-state index in [4.69, 9.17) is 0 Å². The maximum atomic E-state index is 3.84. The standard InChI is InChI=1S/C16H23BrN2/c1-11-9-13(17)10-12(2)16(11)18-14-6-8-19-7-4-3-5-15(14)19/h9-10,14-15,18H,3-8H2,1-2H3. The monoisotopic (exact) mass is 322 g/mol. The van der Waals surface area contributed by atoms with E-state index in [2.05, 4.69) is 52.1 Å². The molecule has 0 spiro atoms. The minimum atomic E-state index is 0.638. The fraction of sp³-hybridized carbons (Fsp3) is 0.625. The molecule has 1 aromatic rings. The first-order chi connectivity index (χ1) is 9.15. The second-order valence-electron chi connectivity index (χ2n) is 6.05. The number of rotatable bonds is 2. The first kappa shape index (κ1) is 13.4. The maximum Gasteiger partial charge on any atom is 0.0429 e. The van der Waals surface area contributed by atoms with Crippen LogP contribution in [0.25, 0.3) is 0 Å². The molecule has 0 aliphatic carbocycles. The van der Waals surface area contributed by atoms with Crippen LogP contribution in [0, 0.1) is 13.8 Å². The van der Waals surface area contributed by atoms with E-state index in [9.17, 15) is 0 Å². The Hall–Kier alpha value is -0.540. The van der Waals surface area contributed by atoms with Crippen molar-refractivity contribution in [2.75, 3.05) is 18.4 Å². The Balaban J connectivity index is 1.78. The van der Waals surface area contributed by atoms with E-state index in [1.54, 1.807) is 0 Å². The summed E-state index contributed by atoms with van der Waals surface area (Å²) >= 11 is 3.58. The van der Waals surface area contributed by atoms with Crippen molar-refractivity contribution in [3.8, 4) is 0 Å². The fourth-order valence-electron chi connectivity index (χ4n) is 3.74. The van der Waals surface area contributed by atoms with Crippen LogP contribution in [0.3, 0.4) is 0 Å². The van der Waals surface area contributed by atoms with Gasteiger partial charge >= 0.3 is 0 Å². The molecule has 1 aromatic carbocycles. The Morgan fingerprint density at radius 2 is 1.84 bits per heavy atom. The van der Waals surface area contributed by atoms with E-state index in [0.29, 0.717) is 6.04 Å². The average molecular weight is 323 g/mol. The zero-order valence-corrected chi connectivity index (χ0v) is 13.5. The molecule has 2 heterocycles. The Labute approximate surface area is 124 Å². The van der Waals surface area contributed by atoms with Gasteiger partial charge in [-0.05, 0) is 62.9 Å². The molecule has 0 saturated carbocycles. The van der Waals surface area contributed by atoms with Crippen molar-refractivity contribution in [3.05, 3.63) is 27.7 Å². The summed E-state index contributed by atoms with van der Waals surface area (Å²) < 4.78 is 1.18. The van der Waals surface area contributed by atoms with Crippen LogP contribution in [0.5, 0.6) is 0 Å². The molecular weight excluding hydrogens is 300 g/mol. The van der Waals surface area contributed by atoms with Gasteiger partial charge in [0.25, 0.3) is 0 Å². The summed E-state index contributed by atoms with van der Waals surface area (Å²) in [5, 5.41) is 3.84. The predicted molar refractivity (Wildman–Crippen MR) is 84.9 cm³/mol. The molecule has 2 nitrogen and oxygen atoms in total. The summed E-state index contributed by atoms with van der Waals surface area (Å²) in [6.45, 7) is 6.99. The number of anilines is 1. The van der Waals surface area contributed by atoms with Gasteiger partial charge in [0.05, 0.1) is 0 Å². The maximum absolute atomic E-state index is 3.84. The number of hydrogen-bond donors (Lipinski definition) is 1. The van der Waals surface area contributed by atoms with Gasteiger partial charge in [0, 0.05) is 28.8 Å². The molecule has 0 aromatic heterocycles. The molecule has 2 saturated heterocycles. The first-order valence-electron chi connectivity index (χ1n) is 7.42. The van der Waals surface area contributed by atoms with Gasteiger partial charge in [-0.15, -0.1) is 0 Å². The molecule has 2 fully saturated rings. The van der Waals surface area contributed by atoms with Gasteiger partial charge in [-0.3, -0.25) is 4.90 Å². The summed E-state index contributed by atoms with van der Waals surface area (Å²) in [7, 11) is 0. The predicted octanol–water partition coefficient (Wildman–Crippen LogP) is 4.10. The van der Waals surface area contributed by atoms with E-state index in [1.165, 1.54) is 60.1 Å². The minimum Gasteiger partial charge on any atom is -0.380 e. The third-order valence-corrected chi connectivity index (χ3v) is 5.14. The lowest BCUT2D eigenvalue weighted by Crippen LogP contribution is -2.41. The van der Waals surface area contributed by atoms with Crippen LogP contribution in [0.1, 0.15) is 36.8 Å². The topological polar surface area (TPSA) is 15.3 Å². The van der Waals surface area contributed by atoms with Crippen molar-refractivity contribution in [1.82, 2.24) is 4.90 Å². The van der Waals surface area contributed by atoms with E-state index in [1.807, 2.05) is 0 Å². The molecule has 2 aliphatic rings. The third kappa shape index (κ3) is 2.68. The number of fused-ring (bicyclic) bond motifs is 1. The van der Waals surface area contributed by atoms with Crippen molar-refractivity contribution < 1.29 is 0 Å². The van der Waals surface area contributed by atoms with Crippen LogP contribution in [0.4, 0.5) is 5.69 Å². The smallest absolute Gasteiger partial charge is 0.0429 e. The molecule has 3 rings (SSSR count). The van der Waals surface area contributed by atoms with Crippen LogP contribution in [-0.4, -0.2) is 30.1 Å². The SMILES string of the molecule is Cc1cc(Br)cc(C)c1NC1CCN2CCCCC12. The van der Waals surface area contributed by atoms with Crippen molar-refractivity contribution >= 4 is 21.6 Å². The molecule has 3 heteroatoms. The van der Waals surface area contributed by atoms with Crippen LogP contribution in [-0.2, 0) is 0 Å². The van der Waals surface area contributed by atoms with Gasteiger partial charge in [-0.2, -0.15) is 0 Å². The van der Waals surface area contributed by atoms with E-state index in [0.717, 1.165) is 6.04 Å².